The van der Waals surface area contributed by atoms with Gasteiger partial charge in [0.15, 0.2) is 0 Å². The Labute approximate surface area is 196 Å². The maximum atomic E-state index is 2.50. The summed E-state index contributed by atoms with van der Waals surface area (Å²) in [5.41, 5.74) is 10.7. The molecule has 2 radical (unpaired) electrons. The molecule has 152 valence electrons. The molecule has 0 saturated carbocycles. The Balaban J connectivity index is 0.000000197. The average molecular weight is 522 g/mol. The molecule has 0 aliphatic heterocycles. The van der Waals surface area contributed by atoms with Crippen molar-refractivity contribution in [1.29, 1.82) is 0 Å². The molecule has 0 N–H and O–H groups in total. The molecule has 0 heterocycles. The van der Waals surface area contributed by atoms with Crippen molar-refractivity contribution in [3.05, 3.63) is 119 Å². The first-order valence-electron chi connectivity index (χ1n) is 9.98. The van der Waals surface area contributed by atoms with E-state index in [1.165, 1.54) is 44.5 Å². The van der Waals surface area contributed by atoms with Gasteiger partial charge in [0.25, 0.3) is 0 Å². The number of rotatable bonds is 2. The molecule has 0 aliphatic rings. The second-order valence-corrected chi connectivity index (χ2v) is 7.26. The predicted octanol–water partition coefficient (Wildman–Crippen LogP) is 7.18. The normalized spacial score (nSPS) is 9.67. The summed E-state index contributed by atoms with van der Waals surface area (Å²) in [6.07, 6.45) is 0. The number of hydrogen-bond donors (Lipinski definition) is 0. The van der Waals surface area contributed by atoms with Crippen LogP contribution in [0.1, 0.15) is 22.3 Å². The van der Waals surface area contributed by atoms with Gasteiger partial charge in [-0.3, -0.25) is 0 Å². The predicted molar refractivity (Wildman–Crippen MR) is 134 cm³/mol. The summed E-state index contributed by atoms with van der Waals surface area (Å²) in [5.74, 6) is 0. The van der Waals surface area contributed by atoms with Crippen LogP contribution >= 0.6 is 0 Å². The molecule has 0 unspecified atom stereocenters. The zero-order valence-corrected chi connectivity index (χ0v) is 21.5. The van der Waals surface area contributed by atoms with E-state index in [1.807, 2.05) is 0 Å². The average Bonchev–Trinajstić information content (AvgIpc) is 2.78. The summed E-state index contributed by atoms with van der Waals surface area (Å²) >= 11 is 5.00. The van der Waals surface area contributed by atoms with E-state index in [9.17, 15) is 0 Å². The third-order valence-electron chi connectivity index (χ3n) is 5.16. The molecule has 0 fully saturated rings. The molecular formula is C28H28Se2. The summed E-state index contributed by atoms with van der Waals surface area (Å²) in [5, 5.41) is 0. The van der Waals surface area contributed by atoms with Crippen molar-refractivity contribution >= 4 is 28.4 Å². The fraction of sp³-hybridized carbons (Fsp3) is 0.143. The van der Waals surface area contributed by atoms with Gasteiger partial charge in [-0.25, -0.2) is 0 Å². The summed E-state index contributed by atoms with van der Waals surface area (Å²) < 4.78 is 0. The van der Waals surface area contributed by atoms with Crippen LogP contribution in [0.15, 0.2) is 97.1 Å². The molecule has 0 bridgehead atoms. The van der Waals surface area contributed by atoms with E-state index in [0.717, 1.165) is 0 Å². The van der Waals surface area contributed by atoms with Crippen molar-refractivity contribution in [3.63, 3.8) is 0 Å². The van der Waals surface area contributed by atoms with Gasteiger partial charge in [-0.05, 0) is 72.2 Å². The van der Waals surface area contributed by atoms with Crippen LogP contribution in [0, 0.1) is 27.7 Å². The van der Waals surface area contributed by atoms with E-state index in [-0.39, 0.29) is 0 Å². The van der Waals surface area contributed by atoms with Crippen LogP contribution in [0.5, 0.6) is 0 Å². The second kappa shape index (κ2) is 12.6. The second-order valence-electron chi connectivity index (χ2n) is 7.26. The van der Waals surface area contributed by atoms with Gasteiger partial charge in [-0.1, -0.05) is 97.1 Å². The first-order valence-corrected chi connectivity index (χ1v) is 14.3. The standard InChI is InChI=1S/2C14H14.Se2/c2*1-11-7-3-5-9-13(11)14-10-6-4-8-12(14)2;1-2/h2*3-10H,1-2H3;. The summed E-state index contributed by atoms with van der Waals surface area (Å²) in [7, 11) is 0. The Kier molecular flexibility index (Phi) is 10.1. The third-order valence-corrected chi connectivity index (χ3v) is 5.16. The van der Waals surface area contributed by atoms with E-state index < -0.39 is 0 Å². The van der Waals surface area contributed by atoms with Gasteiger partial charge >= 0.3 is 28.4 Å². The third kappa shape index (κ3) is 6.46. The van der Waals surface area contributed by atoms with Crippen molar-refractivity contribution < 1.29 is 0 Å². The van der Waals surface area contributed by atoms with Gasteiger partial charge in [0.1, 0.15) is 0 Å². The van der Waals surface area contributed by atoms with E-state index in [0.29, 0.717) is 0 Å². The van der Waals surface area contributed by atoms with Crippen molar-refractivity contribution in [2.75, 3.05) is 0 Å². The summed E-state index contributed by atoms with van der Waals surface area (Å²) in [4.78, 5) is 0. The van der Waals surface area contributed by atoms with Crippen LogP contribution in [0.3, 0.4) is 0 Å². The number of hydrogen-bond acceptors (Lipinski definition) is 0. The fourth-order valence-electron chi connectivity index (χ4n) is 3.50. The molecule has 0 aromatic heterocycles. The van der Waals surface area contributed by atoms with Crippen molar-refractivity contribution in [1.82, 2.24) is 0 Å². The molecule has 4 aromatic carbocycles. The SMILES string of the molecule is Cc1ccccc1-c1ccccc1C.Cc1ccccc1-c1ccccc1C.[Se][Se]. The molecule has 0 aliphatic carbocycles. The molecule has 0 atom stereocenters. The number of benzene rings is 4. The van der Waals surface area contributed by atoms with Crippen molar-refractivity contribution in [2.45, 2.75) is 27.7 Å². The van der Waals surface area contributed by atoms with Gasteiger partial charge in [-0.2, -0.15) is 0 Å². The van der Waals surface area contributed by atoms with E-state index in [4.69, 9.17) is 0 Å². The molecular weight excluding hydrogens is 494 g/mol. The van der Waals surface area contributed by atoms with Gasteiger partial charge in [0, 0.05) is 0 Å². The van der Waals surface area contributed by atoms with Crippen LogP contribution in [0.25, 0.3) is 22.3 Å². The minimum atomic E-state index is 1.34. The van der Waals surface area contributed by atoms with Gasteiger partial charge < -0.3 is 0 Å². The molecule has 30 heavy (non-hydrogen) atoms. The Morgan fingerprint density at radius 1 is 0.333 bits per heavy atom. The first kappa shape index (κ1) is 24.2. The number of aryl methyl sites for hydroxylation is 4. The molecule has 0 nitrogen and oxygen atoms in total. The molecule has 0 spiro atoms. The quantitative estimate of drug-likeness (QED) is 0.245. The zero-order valence-electron chi connectivity index (χ0n) is 18.1. The molecule has 0 amide bonds. The molecule has 0 saturated heterocycles. The van der Waals surface area contributed by atoms with Crippen LogP contribution < -0.4 is 0 Å². The van der Waals surface area contributed by atoms with Crippen LogP contribution in [0.2, 0.25) is 0 Å². The van der Waals surface area contributed by atoms with E-state index in [2.05, 4.69) is 153 Å². The molecule has 4 rings (SSSR count). The van der Waals surface area contributed by atoms with Crippen LogP contribution in [-0.2, 0) is 0 Å². The fourth-order valence-corrected chi connectivity index (χ4v) is 3.50. The zero-order chi connectivity index (χ0) is 21.9. The maximum absolute atomic E-state index is 2.50. The topological polar surface area (TPSA) is 0 Å². The van der Waals surface area contributed by atoms with Gasteiger partial charge in [0.2, 0.25) is 0 Å². The van der Waals surface area contributed by atoms with E-state index >= 15 is 0 Å². The van der Waals surface area contributed by atoms with Crippen molar-refractivity contribution in [3.8, 4) is 22.3 Å². The minimum absolute atomic E-state index is 1.34. The summed E-state index contributed by atoms with van der Waals surface area (Å²) in [6, 6.07) is 34.0. The van der Waals surface area contributed by atoms with Crippen LogP contribution in [-0.4, -0.2) is 28.4 Å². The Hall–Kier alpha value is -2.08. The van der Waals surface area contributed by atoms with Gasteiger partial charge in [0.05, 0.1) is 0 Å². The molecule has 2 heteroatoms. The molecule has 4 aromatic rings. The van der Waals surface area contributed by atoms with Gasteiger partial charge in [-0.15, -0.1) is 0 Å². The monoisotopic (exact) mass is 524 g/mol. The Morgan fingerprint density at radius 2 is 0.500 bits per heavy atom. The van der Waals surface area contributed by atoms with Crippen molar-refractivity contribution in [2.24, 2.45) is 0 Å². The van der Waals surface area contributed by atoms with E-state index in [1.54, 1.807) is 0 Å². The Morgan fingerprint density at radius 3 is 0.667 bits per heavy atom. The first-order chi connectivity index (χ1) is 14.6. The summed E-state index contributed by atoms with van der Waals surface area (Å²) in [6.45, 7) is 8.62. The van der Waals surface area contributed by atoms with Crippen LogP contribution in [0.4, 0.5) is 0 Å². The Bertz CT molecular complexity index is 893.